The van der Waals surface area contributed by atoms with E-state index < -0.39 is 6.04 Å². The molecule has 0 saturated carbocycles. The van der Waals surface area contributed by atoms with Gasteiger partial charge in [-0.1, -0.05) is 18.2 Å². The minimum atomic E-state index is -0.428. The van der Waals surface area contributed by atoms with Crippen LogP contribution in [0, 0.1) is 5.82 Å². The Morgan fingerprint density at radius 2 is 1.91 bits per heavy atom. The van der Waals surface area contributed by atoms with Gasteiger partial charge in [-0.2, -0.15) is 0 Å². The summed E-state index contributed by atoms with van der Waals surface area (Å²) in [5.74, 6) is 0.0745. The molecule has 4 rings (SSSR count). The van der Waals surface area contributed by atoms with E-state index in [0.717, 1.165) is 5.69 Å². The van der Waals surface area contributed by atoms with Crippen LogP contribution in [0.4, 0.5) is 14.9 Å². The van der Waals surface area contributed by atoms with Gasteiger partial charge in [0.2, 0.25) is 5.91 Å². The number of hydrogen-bond acceptors (Lipinski definition) is 3. The van der Waals surface area contributed by atoms with Crippen LogP contribution in [0.3, 0.4) is 0 Å². The predicted octanol–water partition coefficient (Wildman–Crippen LogP) is 4.51. The fraction of sp³-hybridized carbons (Fsp3) is 0.308. The van der Waals surface area contributed by atoms with Gasteiger partial charge in [-0.3, -0.25) is 4.79 Å². The van der Waals surface area contributed by atoms with Gasteiger partial charge in [0.05, 0.1) is 13.2 Å². The zero-order valence-corrected chi connectivity index (χ0v) is 19.6. The highest BCUT2D eigenvalue weighted by Crippen LogP contribution is 2.33. The second-order valence-electron chi connectivity index (χ2n) is 8.55. The van der Waals surface area contributed by atoms with Crippen molar-refractivity contribution < 1.29 is 18.7 Å². The molecule has 2 heterocycles. The number of halogens is 1. The van der Waals surface area contributed by atoms with Crippen LogP contribution < -0.4 is 10.1 Å². The van der Waals surface area contributed by atoms with E-state index in [2.05, 4.69) is 9.88 Å². The average Bonchev–Trinajstić information content (AvgIpc) is 3.30. The van der Waals surface area contributed by atoms with E-state index in [0.29, 0.717) is 30.1 Å². The van der Waals surface area contributed by atoms with E-state index in [-0.39, 0.29) is 30.3 Å². The third kappa shape index (κ3) is 4.90. The standard InChI is InChI=1S/C26H29FN4O3/c1-18(2)31(26(33)28-21-9-5-10-22(16-21)34-3)17-24(32)30-14-13-29-12-6-11-23(29)25(30)19-7-4-8-20(27)15-19/h4-12,15-16,18,25H,13-14,17H2,1-3H3,(H,28,33). The molecule has 0 bridgehead atoms. The fourth-order valence-electron chi connectivity index (χ4n) is 4.30. The first-order valence-electron chi connectivity index (χ1n) is 11.3. The summed E-state index contributed by atoms with van der Waals surface area (Å²) in [5.41, 5.74) is 2.20. The number of hydrogen-bond donors (Lipinski definition) is 1. The summed E-state index contributed by atoms with van der Waals surface area (Å²) in [4.78, 5) is 29.9. The lowest BCUT2D eigenvalue weighted by Crippen LogP contribution is -2.50. The first-order valence-corrected chi connectivity index (χ1v) is 11.3. The summed E-state index contributed by atoms with van der Waals surface area (Å²) >= 11 is 0. The zero-order chi connectivity index (χ0) is 24.2. The molecule has 1 atom stereocenters. The average molecular weight is 465 g/mol. The van der Waals surface area contributed by atoms with Gasteiger partial charge in [-0.05, 0) is 55.8 Å². The van der Waals surface area contributed by atoms with Crippen molar-refractivity contribution in [2.75, 3.05) is 25.5 Å². The maximum atomic E-state index is 14.1. The van der Waals surface area contributed by atoms with Crippen LogP contribution in [0.15, 0.2) is 66.9 Å². The minimum absolute atomic E-state index is 0.0972. The van der Waals surface area contributed by atoms with E-state index in [1.165, 1.54) is 17.0 Å². The number of urea groups is 1. The van der Waals surface area contributed by atoms with Gasteiger partial charge in [0.25, 0.3) is 0 Å². The molecule has 0 saturated heterocycles. The van der Waals surface area contributed by atoms with Crippen molar-refractivity contribution in [2.45, 2.75) is 32.5 Å². The lowest BCUT2D eigenvalue weighted by molar-refractivity contribution is -0.134. The van der Waals surface area contributed by atoms with E-state index in [4.69, 9.17) is 4.74 Å². The smallest absolute Gasteiger partial charge is 0.322 e. The van der Waals surface area contributed by atoms with Crippen molar-refractivity contribution in [3.8, 4) is 5.75 Å². The molecular formula is C26H29FN4O3. The predicted molar refractivity (Wildman–Crippen MR) is 128 cm³/mol. The van der Waals surface area contributed by atoms with E-state index in [9.17, 15) is 14.0 Å². The number of anilines is 1. The van der Waals surface area contributed by atoms with E-state index >= 15 is 0 Å². The van der Waals surface area contributed by atoms with Crippen LogP contribution in [0.5, 0.6) is 5.75 Å². The van der Waals surface area contributed by atoms with Gasteiger partial charge in [-0.15, -0.1) is 0 Å². The monoisotopic (exact) mass is 464 g/mol. The summed E-state index contributed by atoms with van der Waals surface area (Å²) in [6.07, 6.45) is 1.96. The highest BCUT2D eigenvalue weighted by Gasteiger charge is 2.34. The molecule has 3 amide bonds. The second-order valence-corrected chi connectivity index (χ2v) is 8.55. The quantitative estimate of drug-likeness (QED) is 0.584. The van der Waals surface area contributed by atoms with Gasteiger partial charge in [0.15, 0.2) is 0 Å². The number of nitrogens with one attached hydrogen (secondary N) is 1. The van der Waals surface area contributed by atoms with Crippen molar-refractivity contribution in [1.82, 2.24) is 14.4 Å². The van der Waals surface area contributed by atoms with E-state index in [1.807, 2.05) is 38.2 Å². The Kier molecular flexibility index (Phi) is 6.86. The molecule has 1 aromatic heterocycles. The number of benzene rings is 2. The van der Waals surface area contributed by atoms with Crippen molar-refractivity contribution in [1.29, 1.82) is 0 Å². The summed E-state index contributed by atoms with van der Waals surface area (Å²) in [6.45, 7) is 4.73. The number of fused-ring (bicyclic) bond motifs is 1. The Hall–Kier alpha value is -3.81. The summed E-state index contributed by atoms with van der Waals surface area (Å²) in [5, 5.41) is 2.85. The lowest BCUT2D eigenvalue weighted by Gasteiger charge is -2.39. The van der Waals surface area contributed by atoms with Gasteiger partial charge in [0, 0.05) is 42.8 Å². The Balaban J connectivity index is 1.56. The number of ether oxygens (including phenoxy) is 1. The Labute approximate surface area is 198 Å². The van der Waals surface area contributed by atoms with Crippen LogP contribution in [0.25, 0.3) is 0 Å². The molecule has 0 radical (unpaired) electrons. The molecule has 2 aromatic carbocycles. The molecule has 3 aromatic rings. The fourth-order valence-corrected chi connectivity index (χ4v) is 4.30. The lowest BCUT2D eigenvalue weighted by atomic mass is 9.99. The molecule has 0 aliphatic carbocycles. The first-order chi connectivity index (χ1) is 16.4. The zero-order valence-electron chi connectivity index (χ0n) is 19.6. The topological polar surface area (TPSA) is 66.8 Å². The normalized spacial score (nSPS) is 15.1. The van der Waals surface area contributed by atoms with Crippen molar-refractivity contribution >= 4 is 17.6 Å². The molecule has 7 nitrogen and oxygen atoms in total. The van der Waals surface area contributed by atoms with Gasteiger partial charge in [-0.25, -0.2) is 9.18 Å². The Bertz CT molecular complexity index is 1180. The van der Waals surface area contributed by atoms with Crippen LogP contribution in [-0.2, 0) is 11.3 Å². The maximum Gasteiger partial charge on any atom is 0.322 e. The largest absolute Gasteiger partial charge is 0.497 e. The Morgan fingerprint density at radius 1 is 1.12 bits per heavy atom. The highest BCUT2D eigenvalue weighted by atomic mass is 19.1. The van der Waals surface area contributed by atoms with Crippen molar-refractivity contribution in [3.05, 3.63) is 83.9 Å². The Morgan fingerprint density at radius 3 is 2.65 bits per heavy atom. The highest BCUT2D eigenvalue weighted by molar-refractivity contribution is 5.93. The number of methoxy groups -OCH3 is 1. The van der Waals surface area contributed by atoms with Gasteiger partial charge < -0.3 is 24.4 Å². The van der Waals surface area contributed by atoms with Gasteiger partial charge in [0.1, 0.15) is 18.1 Å². The molecule has 8 heteroatoms. The third-order valence-electron chi connectivity index (χ3n) is 6.03. The molecule has 1 aliphatic heterocycles. The second kappa shape index (κ2) is 9.99. The number of aromatic nitrogens is 1. The number of carbonyl (C=O) groups is 2. The molecule has 0 fully saturated rings. The van der Waals surface area contributed by atoms with Crippen molar-refractivity contribution in [2.24, 2.45) is 0 Å². The first kappa shape index (κ1) is 23.4. The van der Waals surface area contributed by atoms with Crippen LogP contribution in [0.2, 0.25) is 0 Å². The summed E-state index contributed by atoms with van der Waals surface area (Å²) in [6, 6.07) is 16.2. The van der Waals surface area contributed by atoms with Crippen LogP contribution in [0.1, 0.15) is 31.1 Å². The molecule has 178 valence electrons. The van der Waals surface area contributed by atoms with Gasteiger partial charge >= 0.3 is 6.03 Å². The summed E-state index contributed by atoms with van der Waals surface area (Å²) < 4.78 is 21.4. The van der Waals surface area contributed by atoms with Crippen LogP contribution >= 0.6 is 0 Å². The van der Waals surface area contributed by atoms with E-state index in [1.54, 1.807) is 42.3 Å². The molecule has 0 spiro atoms. The number of rotatable bonds is 6. The number of amides is 3. The number of carbonyl (C=O) groups excluding carboxylic acids is 2. The SMILES string of the molecule is COc1cccc(NC(=O)N(CC(=O)N2CCn3cccc3C2c2cccc(F)c2)C(C)C)c1. The minimum Gasteiger partial charge on any atom is -0.497 e. The molecule has 1 N–H and O–H groups in total. The molecule has 1 unspecified atom stereocenters. The molecule has 34 heavy (non-hydrogen) atoms. The van der Waals surface area contributed by atoms with Crippen LogP contribution in [-0.4, -0.2) is 52.5 Å². The molecule has 1 aliphatic rings. The molecular weight excluding hydrogens is 435 g/mol. The number of nitrogens with zero attached hydrogens (tertiary/aromatic N) is 3. The summed E-state index contributed by atoms with van der Waals surface area (Å²) in [7, 11) is 1.56. The maximum absolute atomic E-state index is 14.1. The third-order valence-corrected chi connectivity index (χ3v) is 6.03. The van der Waals surface area contributed by atoms with Crippen molar-refractivity contribution in [3.63, 3.8) is 0 Å².